The topological polar surface area (TPSA) is 107 Å². The molecule has 0 aliphatic carbocycles. The number of nitrogens with zero attached hydrogens (tertiary/aromatic N) is 3. The maximum absolute atomic E-state index is 12.8. The molecule has 0 bridgehead atoms. The van der Waals surface area contributed by atoms with E-state index in [1.54, 1.807) is 38.1 Å². The molecular formula is C19H21BrN4O4S. The van der Waals surface area contributed by atoms with Crippen LogP contribution in [0, 0.1) is 25.2 Å². The third-order valence-corrected chi connectivity index (χ3v) is 7.81. The van der Waals surface area contributed by atoms with Crippen molar-refractivity contribution < 1.29 is 17.6 Å². The molecule has 2 heterocycles. The van der Waals surface area contributed by atoms with Crippen molar-refractivity contribution in [3.63, 3.8) is 0 Å². The lowest BCUT2D eigenvalue weighted by Crippen LogP contribution is -2.50. The summed E-state index contributed by atoms with van der Waals surface area (Å²) in [7, 11) is -3.60. The van der Waals surface area contributed by atoms with Gasteiger partial charge in [0.1, 0.15) is 17.4 Å². The Kier molecular flexibility index (Phi) is 6.43. The lowest BCUT2D eigenvalue weighted by atomic mass is 10.2. The molecule has 0 unspecified atom stereocenters. The normalized spacial score (nSPS) is 15.8. The van der Waals surface area contributed by atoms with Crippen molar-refractivity contribution in [2.75, 3.05) is 38.0 Å². The summed E-state index contributed by atoms with van der Waals surface area (Å²) in [6, 6.07) is 8.75. The number of amides is 1. The van der Waals surface area contributed by atoms with Gasteiger partial charge in [0.15, 0.2) is 0 Å². The highest BCUT2D eigenvalue weighted by molar-refractivity contribution is 9.10. The number of carbonyl (C=O) groups is 1. The Bertz CT molecular complexity index is 1070. The summed E-state index contributed by atoms with van der Waals surface area (Å²) >= 11 is 3.29. The van der Waals surface area contributed by atoms with E-state index in [2.05, 4.69) is 21.2 Å². The number of sulfonamides is 1. The lowest BCUT2D eigenvalue weighted by Gasteiger charge is -2.33. The minimum Gasteiger partial charge on any atom is -0.444 e. The van der Waals surface area contributed by atoms with E-state index in [1.165, 1.54) is 4.31 Å². The van der Waals surface area contributed by atoms with Gasteiger partial charge in [-0.15, -0.1) is 0 Å². The van der Waals surface area contributed by atoms with Crippen LogP contribution in [0.4, 0.5) is 5.88 Å². The van der Waals surface area contributed by atoms with Gasteiger partial charge in [-0.25, -0.2) is 8.42 Å². The van der Waals surface area contributed by atoms with Gasteiger partial charge in [-0.3, -0.25) is 15.0 Å². The van der Waals surface area contributed by atoms with Crippen molar-refractivity contribution in [1.82, 2.24) is 9.21 Å². The predicted molar refractivity (Wildman–Crippen MR) is 111 cm³/mol. The molecule has 1 fully saturated rings. The fraction of sp³-hybridized carbons (Fsp3) is 0.368. The number of halogens is 1. The van der Waals surface area contributed by atoms with E-state index in [4.69, 9.17) is 4.42 Å². The molecule has 1 aromatic heterocycles. The molecule has 1 amide bonds. The molecule has 0 saturated carbocycles. The average Bonchev–Trinajstić information content (AvgIpc) is 2.95. The summed E-state index contributed by atoms with van der Waals surface area (Å²) in [6.45, 7) is 5.02. The zero-order chi connectivity index (χ0) is 21.2. The molecule has 3 rings (SSSR count). The van der Waals surface area contributed by atoms with Crippen molar-refractivity contribution in [2.45, 2.75) is 18.7 Å². The summed E-state index contributed by atoms with van der Waals surface area (Å²) in [4.78, 5) is 14.5. The summed E-state index contributed by atoms with van der Waals surface area (Å²) in [5, 5.41) is 11.9. The molecule has 1 saturated heterocycles. The zero-order valence-electron chi connectivity index (χ0n) is 16.1. The van der Waals surface area contributed by atoms with Crippen molar-refractivity contribution in [1.29, 1.82) is 5.26 Å². The van der Waals surface area contributed by atoms with Crippen LogP contribution in [0.3, 0.4) is 0 Å². The molecule has 1 aliphatic heterocycles. The van der Waals surface area contributed by atoms with Gasteiger partial charge >= 0.3 is 0 Å². The fourth-order valence-corrected chi connectivity index (χ4v) is 5.53. The first-order chi connectivity index (χ1) is 13.7. The average molecular weight is 481 g/mol. The Morgan fingerprint density at radius 2 is 1.90 bits per heavy atom. The monoisotopic (exact) mass is 480 g/mol. The number of nitriles is 1. The van der Waals surface area contributed by atoms with Crippen LogP contribution < -0.4 is 5.32 Å². The number of hydrogen-bond acceptors (Lipinski definition) is 6. The van der Waals surface area contributed by atoms with Crippen molar-refractivity contribution in [2.24, 2.45) is 0 Å². The van der Waals surface area contributed by atoms with Gasteiger partial charge in [-0.1, -0.05) is 12.1 Å². The Morgan fingerprint density at radius 1 is 1.24 bits per heavy atom. The highest BCUT2D eigenvalue weighted by Crippen LogP contribution is 2.26. The minimum absolute atomic E-state index is 0.0899. The number of nitrogens with one attached hydrogen (secondary N) is 1. The van der Waals surface area contributed by atoms with Crippen LogP contribution in [0.25, 0.3) is 0 Å². The summed E-state index contributed by atoms with van der Waals surface area (Å²) in [5.41, 5.74) is 1.02. The third-order valence-electron chi connectivity index (χ3n) is 4.90. The van der Waals surface area contributed by atoms with Gasteiger partial charge in [0.2, 0.25) is 21.8 Å². The van der Waals surface area contributed by atoms with Crippen LogP contribution in [-0.2, 0) is 14.8 Å². The van der Waals surface area contributed by atoms with Gasteiger partial charge in [0.05, 0.1) is 11.4 Å². The van der Waals surface area contributed by atoms with Gasteiger partial charge in [0.25, 0.3) is 0 Å². The van der Waals surface area contributed by atoms with Crippen molar-refractivity contribution in [3.8, 4) is 6.07 Å². The second-order valence-corrected chi connectivity index (χ2v) is 9.52. The maximum atomic E-state index is 12.8. The Labute approximate surface area is 178 Å². The number of anilines is 1. The summed E-state index contributed by atoms with van der Waals surface area (Å²) in [5.74, 6) is 0.433. The molecule has 0 radical (unpaired) electrons. The molecule has 1 aromatic carbocycles. The van der Waals surface area contributed by atoms with E-state index in [9.17, 15) is 18.5 Å². The van der Waals surface area contributed by atoms with Gasteiger partial charge in [-0.05, 0) is 41.9 Å². The number of furan rings is 1. The van der Waals surface area contributed by atoms with Gasteiger partial charge < -0.3 is 4.42 Å². The molecule has 10 heteroatoms. The zero-order valence-corrected chi connectivity index (χ0v) is 18.5. The summed E-state index contributed by atoms with van der Waals surface area (Å²) < 4.78 is 33.1. The number of hydrogen-bond donors (Lipinski definition) is 1. The Morgan fingerprint density at radius 3 is 2.52 bits per heavy atom. The molecule has 1 N–H and O–H groups in total. The molecule has 1 aliphatic rings. The first-order valence-corrected chi connectivity index (χ1v) is 11.2. The highest BCUT2D eigenvalue weighted by Gasteiger charge is 2.30. The van der Waals surface area contributed by atoms with E-state index >= 15 is 0 Å². The van der Waals surface area contributed by atoms with E-state index in [-0.39, 0.29) is 23.2 Å². The van der Waals surface area contributed by atoms with E-state index < -0.39 is 10.0 Å². The summed E-state index contributed by atoms with van der Waals surface area (Å²) in [6.07, 6.45) is 0. The van der Waals surface area contributed by atoms with Crippen LogP contribution in [-0.4, -0.2) is 56.3 Å². The first-order valence-electron chi connectivity index (χ1n) is 9.01. The van der Waals surface area contributed by atoms with E-state index in [1.807, 2.05) is 11.0 Å². The number of piperazine rings is 1. The van der Waals surface area contributed by atoms with E-state index in [0.29, 0.717) is 47.5 Å². The molecule has 29 heavy (non-hydrogen) atoms. The largest absolute Gasteiger partial charge is 0.444 e. The molecule has 0 spiro atoms. The number of carbonyl (C=O) groups excluding carboxylic acids is 1. The quantitative estimate of drug-likeness (QED) is 0.704. The van der Waals surface area contributed by atoms with Crippen LogP contribution >= 0.6 is 15.9 Å². The number of benzene rings is 1. The second kappa shape index (κ2) is 8.67. The van der Waals surface area contributed by atoms with Crippen LogP contribution in [0.5, 0.6) is 0 Å². The molecular weight excluding hydrogens is 460 g/mol. The Balaban J connectivity index is 1.59. The van der Waals surface area contributed by atoms with Crippen LogP contribution in [0.15, 0.2) is 38.1 Å². The van der Waals surface area contributed by atoms with Crippen LogP contribution in [0.1, 0.15) is 16.9 Å². The number of rotatable bonds is 5. The Hall–Kier alpha value is -2.19. The highest BCUT2D eigenvalue weighted by atomic mass is 79.9. The molecule has 154 valence electrons. The minimum atomic E-state index is -3.60. The van der Waals surface area contributed by atoms with Gasteiger partial charge in [-0.2, -0.15) is 9.57 Å². The molecule has 8 nitrogen and oxygen atoms in total. The van der Waals surface area contributed by atoms with E-state index in [0.717, 1.165) is 0 Å². The smallest absolute Gasteiger partial charge is 0.244 e. The SMILES string of the molecule is Cc1oc(NC(=O)CN2CCN(S(=O)(=O)c3ccccc3Br)CC2)c(C#N)c1C. The van der Waals surface area contributed by atoms with Crippen molar-refractivity contribution in [3.05, 3.63) is 45.6 Å². The first kappa shape index (κ1) is 21.5. The van der Waals surface area contributed by atoms with Crippen LogP contribution in [0.2, 0.25) is 0 Å². The standard InChI is InChI=1S/C19H21BrN4O4S/c1-13-14(2)28-19(15(13)11-21)22-18(25)12-23-7-9-24(10-8-23)29(26,27)17-6-4-3-5-16(17)20/h3-6H,7-10,12H2,1-2H3,(H,22,25). The molecule has 0 atom stereocenters. The number of aryl methyl sites for hydroxylation is 1. The molecule has 2 aromatic rings. The maximum Gasteiger partial charge on any atom is 0.244 e. The predicted octanol–water partition coefficient (Wildman–Crippen LogP) is 2.48. The second-order valence-electron chi connectivity index (χ2n) is 6.76. The lowest BCUT2D eigenvalue weighted by molar-refractivity contribution is -0.117. The van der Waals surface area contributed by atoms with Crippen molar-refractivity contribution >= 4 is 37.7 Å². The van der Waals surface area contributed by atoms with Gasteiger partial charge in [0, 0.05) is 36.2 Å². The fourth-order valence-electron chi connectivity index (χ4n) is 3.14. The third kappa shape index (κ3) is 4.53.